The van der Waals surface area contributed by atoms with Crippen LogP contribution in [0.15, 0.2) is 0 Å². The molecule has 0 unspecified atom stereocenters. The summed E-state index contributed by atoms with van der Waals surface area (Å²) in [6.07, 6.45) is 1.65. The second-order valence-corrected chi connectivity index (χ2v) is 5.09. The number of hydrogen-bond donors (Lipinski definition) is 0. The predicted octanol–water partition coefficient (Wildman–Crippen LogP) is -0.469. The molecule has 0 aliphatic heterocycles. The molecule has 0 heterocycles. The van der Waals surface area contributed by atoms with Crippen molar-refractivity contribution in [2.24, 2.45) is 0 Å². The number of unbranched alkanes of at least 4 members (excludes halogenated alkanes) is 5. The van der Waals surface area contributed by atoms with E-state index in [1.54, 1.807) is 0 Å². The summed E-state index contributed by atoms with van der Waals surface area (Å²) in [6, 6.07) is 0. The Morgan fingerprint density at radius 3 is 1.81 bits per heavy atom. The molecular formula is C9H17F2KO3S. The fraction of sp³-hybridized carbons (Fsp3) is 1.00. The van der Waals surface area contributed by atoms with Gasteiger partial charge in [-0.15, -0.1) is 0 Å². The van der Waals surface area contributed by atoms with Gasteiger partial charge in [0.1, 0.15) is 0 Å². The summed E-state index contributed by atoms with van der Waals surface area (Å²) in [5.74, 6) is -0.315. The van der Waals surface area contributed by atoms with E-state index in [0.29, 0.717) is 19.3 Å². The van der Waals surface area contributed by atoms with Crippen LogP contribution in [0.3, 0.4) is 0 Å². The molecule has 0 aliphatic carbocycles. The van der Waals surface area contributed by atoms with Crippen molar-refractivity contribution in [2.75, 3.05) is 5.75 Å². The normalized spacial score (nSPS) is 11.5. The number of rotatable bonds is 9. The topological polar surface area (TPSA) is 57.2 Å². The van der Waals surface area contributed by atoms with Gasteiger partial charge in [-0.25, -0.2) is 17.2 Å². The smallest absolute Gasteiger partial charge is 0.748 e. The third-order valence-electron chi connectivity index (χ3n) is 2.07. The van der Waals surface area contributed by atoms with E-state index in [0.717, 1.165) is 19.3 Å². The van der Waals surface area contributed by atoms with Crippen LogP contribution in [0.25, 0.3) is 0 Å². The van der Waals surface area contributed by atoms with Gasteiger partial charge in [0.15, 0.2) is 0 Å². The van der Waals surface area contributed by atoms with Gasteiger partial charge in [-0.05, 0) is 12.8 Å². The number of halogens is 2. The zero-order valence-electron chi connectivity index (χ0n) is 9.62. The second-order valence-electron chi connectivity index (χ2n) is 3.56. The molecule has 0 aromatic rings. The van der Waals surface area contributed by atoms with Gasteiger partial charge in [0.05, 0.1) is 10.1 Å². The van der Waals surface area contributed by atoms with E-state index in [1.165, 1.54) is 0 Å². The van der Waals surface area contributed by atoms with E-state index in [9.17, 15) is 21.8 Å². The molecule has 7 heteroatoms. The zero-order chi connectivity index (χ0) is 11.7. The van der Waals surface area contributed by atoms with Gasteiger partial charge < -0.3 is 4.55 Å². The summed E-state index contributed by atoms with van der Waals surface area (Å²) in [6.45, 7) is 0. The van der Waals surface area contributed by atoms with Crippen molar-refractivity contribution in [3.63, 3.8) is 0 Å². The molecular weight excluding hydrogens is 265 g/mol. The Morgan fingerprint density at radius 1 is 0.938 bits per heavy atom. The van der Waals surface area contributed by atoms with Gasteiger partial charge in [-0.2, -0.15) is 0 Å². The Hall–Kier alpha value is 1.41. The van der Waals surface area contributed by atoms with Gasteiger partial charge >= 0.3 is 51.4 Å². The van der Waals surface area contributed by atoms with Crippen LogP contribution in [-0.2, 0) is 10.1 Å². The molecule has 0 bridgehead atoms. The van der Waals surface area contributed by atoms with Crippen LogP contribution in [0.4, 0.5) is 8.78 Å². The van der Waals surface area contributed by atoms with Crippen LogP contribution >= 0.6 is 0 Å². The Morgan fingerprint density at radius 2 is 1.38 bits per heavy atom. The monoisotopic (exact) mass is 282 g/mol. The van der Waals surface area contributed by atoms with Crippen LogP contribution in [0.5, 0.6) is 0 Å². The van der Waals surface area contributed by atoms with Gasteiger partial charge in [0.2, 0.25) is 6.43 Å². The molecule has 16 heavy (non-hydrogen) atoms. The summed E-state index contributed by atoms with van der Waals surface area (Å²) in [5, 5.41) is 0. The first-order valence-electron chi connectivity index (χ1n) is 5.13. The van der Waals surface area contributed by atoms with Gasteiger partial charge in [0.25, 0.3) is 0 Å². The fourth-order valence-corrected chi connectivity index (χ4v) is 1.84. The third kappa shape index (κ3) is 17.8. The van der Waals surface area contributed by atoms with Crippen molar-refractivity contribution in [1.29, 1.82) is 0 Å². The van der Waals surface area contributed by atoms with E-state index in [-0.39, 0.29) is 63.6 Å². The summed E-state index contributed by atoms with van der Waals surface area (Å²) in [7, 11) is -4.08. The molecule has 0 aliphatic rings. The van der Waals surface area contributed by atoms with Crippen molar-refractivity contribution in [3.05, 3.63) is 0 Å². The van der Waals surface area contributed by atoms with Crippen molar-refractivity contribution in [1.82, 2.24) is 0 Å². The Bertz CT molecular complexity index is 245. The molecule has 3 nitrogen and oxygen atoms in total. The van der Waals surface area contributed by atoms with Crippen molar-refractivity contribution in [3.8, 4) is 0 Å². The summed E-state index contributed by atoms with van der Waals surface area (Å²) in [4.78, 5) is 0. The van der Waals surface area contributed by atoms with E-state index in [1.807, 2.05) is 0 Å². The molecule has 0 rings (SSSR count). The van der Waals surface area contributed by atoms with Crippen LogP contribution < -0.4 is 51.4 Å². The SMILES string of the molecule is O=S(=O)([O-])CCCCCCCCC(F)F.[K+]. The molecule has 0 aromatic carbocycles. The van der Waals surface area contributed by atoms with Crippen molar-refractivity contribution in [2.45, 2.75) is 51.4 Å². The minimum Gasteiger partial charge on any atom is -0.748 e. The van der Waals surface area contributed by atoms with Crippen LogP contribution in [0, 0.1) is 0 Å². The van der Waals surface area contributed by atoms with Crippen molar-refractivity contribution < 1.29 is 73.1 Å². The molecule has 0 amide bonds. The molecule has 0 saturated carbocycles. The van der Waals surface area contributed by atoms with E-state index in [2.05, 4.69) is 0 Å². The van der Waals surface area contributed by atoms with E-state index >= 15 is 0 Å². The zero-order valence-corrected chi connectivity index (χ0v) is 13.6. The largest absolute Gasteiger partial charge is 1.00 e. The van der Waals surface area contributed by atoms with Gasteiger partial charge in [-0.3, -0.25) is 0 Å². The summed E-state index contributed by atoms with van der Waals surface area (Å²) >= 11 is 0. The Balaban J connectivity index is 0. The first kappa shape index (κ1) is 19.7. The molecule has 0 N–H and O–H groups in total. The molecule has 0 saturated heterocycles. The summed E-state index contributed by atoms with van der Waals surface area (Å²) in [5.41, 5.74) is 0. The quantitative estimate of drug-likeness (QED) is 0.326. The number of alkyl halides is 2. The van der Waals surface area contributed by atoms with Gasteiger partial charge in [0, 0.05) is 12.2 Å². The minimum atomic E-state index is -4.08. The molecule has 92 valence electrons. The van der Waals surface area contributed by atoms with Crippen LogP contribution in [0.2, 0.25) is 0 Å². The maximum atomic E-state index is 11.7. The molecule has 0 radical (unpaired) electrons. The average Bonchev–Trinajstić information content (AvgIpc) is 2.07. The van der Waals surface area contributed by atoms with E-state index < -0.39 is 16.5 Å². The van der Waals surface area contributed by atoms with Crippen molar-refractivity contribution >= 4 is 10.1 Å². The Labute approximate surface area is 139 Å². The minimum absolute atomic E-state index is 0. The van der Waals surface area contributed by atoms with E-state index in [4.69, 9.17) is 0 Å². The predicted molar refractivity (Wildman–Crippen MR) is 52.9 cm³/mol. The molecule has 0 spiro atoms. The summed E-state index contributed by atoms with van der Waals surface area (Å²) < 4.78 is 54.0. The fourth-order valence-electron chi connectivity index (χ4n) is 1.28. The van der Waals surface area contributed by atoms with Crippen LogP contribution in [0.1, 0.15) is 44.9 Å². The maximum Gasteiger partial charge on any atom is 1.00 e. The van der Waals surface area contributed by atoms with Crippen LogP contribution in [-0.4, -0.2) is 25.1 Å². The maximum absolute atomic E-state index is 11.7. The molecule has 0 atom stereocenters. The van der Waals surface area contributed by atoms with Gasteiger partial charge in [-0.1, -0.05) is 25.7 Å². The first-order chi connectivity index (χ1) is 6.92. The molecule has 0 aromatic heterocycles. The Kier molecular flexibility index (Phi) is 14.2. The second kappa shape index (κ2) is 11.5. The standard InChI is InChI=1S/C9H18F2O3S.K/c10-9(11)7-5-3-1-2-4-6-8-15(12,13)14;/h9H,1-8H2,(H,12,13,14);/q;+1/p-1. The molecule has 0 fully saturated rings. The number of hydrogen-bond acceptors (Lipinski definition) is 3. The third-order valence-corrected chi connectivity index (χ3v) is 2.86. The average molecular weight is 282 g/mol. The first-order valence-corrected chi connectivity index (χ1v) is 6.71.